The number of hydrogen-bond acceptors (Lipinski definition) is 7. The molecular weight excluding hydrogens is 530 g/mol. The number of carbonyl (C=O) groups excluding carboxylic acids is 4. The van der Waals surface area contributed by atoms with Crippen molar-refractivity contribution in [3.05, 3.63) is 65.7 Å². The van der Waals surface area contributed by atoms with Gasteiger partial charge in [-0.3, -0.25) is 19.2 Å². The number of carbonyl (C=O) groups is 5. The molecule has 0 aliphatic heterocycles. The van der Waals surface area contributed by atoms with Gasteiger partial charge in [0.1, 0.15) is 23.9 Å². The molecule has 0 aliphatic rings. The number of amides is 4. The van der Waals surface area contributed by atoms with E-state index in [9.17, 15) is 34.2 Å². The van der Waals surface area contributed by atoms with E-state index in [0.717, 1.165) is 11.1 Å². The molecule has 41 heavy (non-hydrogen) atoms. The number of phenols is 1. The fourth-order valence-electron chi connectivity index (χ4n) is 3.95. The molecule has 0 bridgehead atoms. The Kier molecular flexibility index (Phi) is 12.8. The lowest BCUT2D eigenvalue weighted by molar-refractivity contribution is -0.142. The molecule has 4 amide bonds. The van der Waals surface area contributed by atoms with Crippen molar-refractivity contribution >= 4 is 29.6 Å². The fraction of sp³-hybridized carbons (Fsp3) is 0.414. The Morgan fingerprint density at radius 2 is 1.37 bits per heavy atom. The molecule has 12 heteroatoms. The molecule has 2 rings (SSSR count). The number of nitrogens with two attached hydrogens (primary N) is 1. The van der Waals surface area contributed by atoms with Crippen LogP contribution in [0.2, 0.25) is 0 Å². The molecule has 4 atom stereocenters. The summed E-state index contributed by atoms with van der Waals surface area (Å²) in [5.41, 5.74) is 7.41. The summed E-state index contributed by atoms with van der Waals surface area (Å²) in [6, 6.07) is 11.0. The lowest BCUT2D eigenvalue weighted by atomic mass is 10.0. The second-order valence-corrected chi connectivity index (χ2v) is 10.3. The molecule has 0 heterocycles. The third kappa shape index (κ3) is 11.7. The van der Waals surface area contributed by atoms with Crippen molar-refractivity contribution in [3.63, 3.8) is 0 Å². The summed E-state index contributed by atoms with van der Waals surface area (Å²) < 4.78 is 0. The molecule has 12 nitrogen and oxygen atoms in total. The van der Waals surface area contributed by atoms with Gasteiger partial charge >= 0.3 is 5.97 Å². The normalized spacial score (nSPS) is 13.8. The minimum Gasteiger partial charge on any atom is -0.508 e. The maximum atomic E-state index is 13.0. The number of carboxylic acid groups (broad SMARTS) is 1. The Morgan fingerprint density at radius 1 is 0.756 bits per heavy atom. The number of phenolic OH excluding ortho intramolecular Hbond substituents is 1. The summed E-state index contributed by atoms with van der Waals surface area (Å²) in [5.74, 6) is -3.63. The Bertz CT molecular complexity index is 1190. The molecule has 0 aliphatic carbocycles. The van der Waals surface area contributed by atoms with E-state index in [1.54, 1.807) is 42.5 Å². The van der Waals surface area contributed by atoms with Crippen LogP contribution in [-0.4, -0.2) is 70.5 Å². The first kappa shape index (κ1) is 32.8. The highest BCUT2D eigenvalue weighted by molar-refractivity contribution is 5.94. The summed E-state index contributed by atoms with van der Waals surface area (Å²) in [5, 5.41) is 28.8. The fourth-order valence-corrected chi connectivity index (χ4v) is 3.95. The van der Waals surface area contributed by atoms with Crippen LogP contribution in [0, 0.1) is 5.92 Å². The Labute approximate surface area is 239 Å². The second-order valence-electron chi connectivity index (χ2n) is 10.3. The quantitative estimate of drug-likeness (QED) is 0.158. The van der Waals surface area contributed by atoms with Gasteiger partial charge in [-0.05, 0) is 48.9 Å². The molecule has 8 N–H and O–H groups in total. The molecule has 0 aromatic heterocycles. The maximum Gasteiger partial charge on any atom is 0.326 e. The molecule has 0 unspecified atom stereocenters. The van der Waals surface area contributed by atoms with Gasteiger partial charge in [0.25, 0.3) is 0 Å². The monoisotopic (exact) mass is 569 g/mol. The number of aromatic hydroxyl groups is 1. The van der Waals surface area contributed by atoms with E-state index in [1.807, 2.05) is 13.8 Å². The van der Waals surface area contributed by atoms with Crippen molar-refractivity contribution in [3.8, 4) is 5.75 Å². The number of hydrogen-bond donors (Lipinski definition) is 7. The summed E-state index contributed by atoms with van der Waals surface area (Å²) in [4.78, 5) is 62.3. The molecule has 222 valence electrons. The van der Waals surface area contributed by atoms with Crippen LogP contribution in [0.4, 0.5) is 0 Å². The van der Waals surface area contributed by atoms with Gasteiger partial charge in [-0.1, -0.05) is 56.3 Å². The van der Waals surface area contributed by atoms with Gasteiger partial charge in [-0.2, -0.15) is 0 Å². The van der Waals surface area contributed by atoms with E-state index in [4.69, 9.17) is 5.73 Å². The van der Waals surface area contributed by atoms with E-state index in [0.29, 0.717) is 0 Å². The Hall–Kier alpha value is -4.45. The number of rotatable bonds is 15. The average molecular weight is 570 g/mol. The number of nitrogens with one attached hydrogen (secondary N) is 4. The number of benzene rings is 2. The molecule has 0 saturated carbocycles. The van der Waals surface area contributed by atoms with Crippen LogP contribution in [0.5, 0.6) is 5.75 Å². The lowest BCUT2D eigenvalue weighted by Gasteiger charge is -2.23. The first-order chi connectivity index (χ1) is 19.3. The first-order valence-corrected chi connectivity index (χ1v) is 13.3. The zero-order valence-electron chi connectivity index (χ0n) is 23.4. The van der Waals surface area contributed by atoms with Crippen LogP contribution in [0.15, 0.2) is 54.6 Å². The third-order valence-electron chi connectivity index (χ3n) is 6.16. The molecule has 0 fully saturated rings. The van der Waals surface area contributed by atoms with Crippen molar-refractivity contribution in [2.24, 2.45) is 11.7 Å². The second kappa shape index (κ2) is 16.0. The van der Waals surface area contributed by atoms with Crippen molar-refractivity contribution in [2.75, 3.05) is 6.54 Å². The van der Waals surface area contributed by atoms with Gasteiger partial charge in [0, 0.05) is 6.42 Å². The van der Waals surface area contributed by atoms with Gasteiger partial charge < -0.3 is 37.2 Å². The van der Waals surface area contributed by atoms with Crippen LogP contribution in [0.25, 0.3) is 0 Å². The highest BCUT2D eigenvalue weighted by Gasteiger charge is 2.28. The number of aliphatic carboxylic acids is 1. The van der Waals surface area contributed by atoms with Crippen LogP contribution in [0.1, 0.15) is 38.3 Å². The van der Waals surface area contributed by atoms with Gasteiger partial charge in [-0.15, -0.1) is 0 Å². The van der Waals surface area contributed by atoms with E-state index < -0.39 is 60.3 Å². The van der Waals surface area contributed by atoms with E-state index >= 15 is 0 Å². The zero-order chi connectivity index (χ0) is 30.5. The maximum absolute atomic E-state index is 13.0. The van der Waals surface area contributed by atoms with Crippen molar-refractivity contribution in [2.45, 2.75) is 64.2 Å². The third-order valence-corrected chi connectivity index (χ3v) is 6.16. The first-order valence-electron chi connectivity index (χ1n) is 13.3. The highest BCUT2D eigenvalue weighted by Crippen LogP contribution is 2.11. The van der Waals surface area contributed by atoms with Gasteiger partial charge in [0.2, 0.25) is 23.6 Å². The van der Waals surface area contributed by atoms with Crippen LogP contribution < -0.4 is 27.0 Å². The summed E-state index contributed by atoms with van der Waals surface area (Å²) in [7, 11) is 0. The smallest absolute Gasteiger partial charge is 0.326 e. The minimum absolute atomic E-state index is 0.0126. The molecule has 0 spiro atoms. The van der Waals surface area contributed by atoms with Gasteiger partial charge in [0.05, 0.1) is 12.6 Å². The van der Waals surface area contributed by atoms with Crippen LogP contribution in [-0.2, 0) is 36.8 Å². The van der Waals surface area contributed by atoms with Gasteiger partial charge in [-0.25, -0.2) is 4.79 Å². The van der Waals surface area contributed by atoms with Crippen LogP contribution in [0.3, 0.4) is 0 Å². The standard InChI is InChI=1S/C29H39N5O7/c1-17(2)13-24(29(40)41)34-28(39)23(15-19-7-5-4-6-8-19)33-25(36)16-31-26(37)18(3)32-27(38)22(30)14-20-9-11-21(35)12-10-20/h4-12,17-18,22-24,35H,13-16,30H2,1-3H3,(H,31,37)(H,32,38)(H,33,36)(H,34,39)(H,40,41)/t18-,22-,23-,24-/m0/s1. The van der Waals surface area contributed by atoms with E-state index in [-0.39, 0.29) is 30.9 Å². The van der Waals surface area contributed by atoms with Gasteiger partial charge in [0.15, 0.2) is 0 Å². The number of carboxylic acids is 1. The Balaban J connectivity index is 1.94. The SMILES string of the molecule is CC(C)C[C@H](NC(=O)[C@H](Cc1ccccc1)NC(=O)CNC(=O)[C@H](C)NC(=O)[C@@H](N)Cc1ccc(O)cc1)C(=O)O. The predicted octanol–water partition coefficient (Wildman–Crippen LogP) is 0.226. The molecule has 2 aromatic carbocycles. The summed E-state index contributed by atoms with van der Waals surface area (Å²) in [6.07, 6.45) is 0.505. The topological polar surface area (TPSA) is 200 Å². The lowest BCUT2D eigenvalue weighted by Crippen LogP contribution is -2.55. The van der Waals surface area contributed by atoms with E-state index in [2.05, 4.69) is 21.3 Å². The van der Waals surface area contributed by atoms with E-state index in [1.165, 1.54) is 19.1 Å². The minimum atomic E-state index is -1.18. The molecule has 0 saturated heterocycles. The largest absolute Gasteiger partial charge is 0.508 e. The predicted molar refractivity (Wildman–Crippen MR) is 151 cm³/mol. The van der Waals surface area contributed by atoms with Crippen molar-refractivity contribution < 1.29 is 34.2 Å². The van der Waals surface area contributed by atoms with Crippen LogP contribution >= 0.6 is 0 Å². The van der Waals surface area contributed by atoms with Crippen molar-refractivity contribution in [1.82, 2.24) is 21.3 Å². The highest BCUT2D eigenvalue weighted by atomic mass is 16.4. The Morgan fingerprint density at radius 3 is 1.95 bits per heavy atom. The molecule has 2 aromatic rings. The summed E-state index contributed by atoms with van der Waals surface area (Å²) in [6.45, 7) is 4.62. The molecular formula is C29H39N5O7. The average Bonchev–Trinajstić information content (AvgIpc) is 2.92. The van der Waals surface area contributed by atoms with Crippen molar-refractivity contribution in [1.29, 1.82) is 0 Å². The zero-order valence-corrected chi connectivity index (χ0v) is 23.4. The molecule has 0 radical (unpaired) electrons. The summed E-state index contributed by atoms with van der Waals surface area (Å²) >= 11 is 0.